The van der Waals surface area contributed by atoms with Crippen molar-refractivity contribution in [1.82, 2.24) is 0 Å². The Morgan fingerprint density at radius 1 is 0.667 bits per heavy atom. The predicted molar refractivity (Wildman–Crippen MR) is 117 cm³/mol. The Labute approximate surface area is 183 Å². The van der Waals surface area contributed by atoms with Crippen LogP contribution in [0.5, 0.6) is 0 Å². The molecule has 0 aliphatic carbocycles. The van der Waals surface area contributed by atoms with Crippen LogP contribution in [0.2, 0.25) is 0 Å². The molecule has 2 atom stereocenters. The van der Waals surface area contributed by atoms with E-state index < -0.39 is 19.5 Å². The van der Waals surface area contributed by atoms with Gasteiger partial charge in [-0.15, -0.1) is 0 Å². The molecule has 186 valence electrons. The molecule has 1 nitrogen and oxygen atoms in total. The van der Waals surface area contributed by atoms with E-state index >= 15 is 0 Å². The zero-order valence-electron chi connectivity index (χ0n) is 19.2. The second-order valence-electron chi connectivity index (χ2n) is 9.26. The average molecular weight is 560 g/mol. The van der Waals surface area contributed by atoms with E-state index in [-0.39, 0.29) is 0 Å². The summed E-state index contributed by atoms with van der Waals surface area (Å²) >= 11 is -11.2. The summed E-state index contributed by atoms with van der Waals surface area (Å²) in [5, 5.41) is 0. The summed E-state index contributed by atoms with van der Waals surface area (Å²) in [4.78, 5) is 1.89. The molecular formula is C22H46F6NSb. The molecule has 1 saturated heterocycles. The predicted octanol–water partition coefficient (Wildman–Crippen LogP) is 7.92. The van der Waals surface area contributed by atoms with Crippen LogP contribution >= 0.6 is 0 Å². The van der Waals surface area contributed by atoms with Crippen LogP contribution in [-0.4, -0.2) is 39.1 Å². The Kier molecular flexibility index (Phi) is 14.7. The molecule has 0 spiro atoms. The van der Waals surface area contributed by atoms with Gasteiger partial charge in [0, 0.05) is 5.92 Å². The molecule has 0 aromatic rings. The number of likely N-dealkylation sites (tertiary alicyclic amines) is 1. The molecule has 1 N–H and O–H groups in total. The Morgan fingerprint density at radius 2 is 1.03 bits per heavy atom. The van der Waals surface area contributed by atoms with Crippen LogP contribution in [0.3, 0.4) is 0 Å². The third-order valence-corrected chi connectivity index (χ3v) is 5.75. The number of piperidine rings is 1. The van der Waals surface area contributed by atoms with Crippen molar-refractivity contribution in [3.05, 3.63) is 0 Å². The molecule has 1 fully saturated rings. The van der Waals surface area contributed by atoms with Gasteiger partial charge in [0.05, 0.1) is 19.6 Å². The van der Waals surface area contributed by atoms with E-state index in [4.69, 9.17) is 0 Å². The van der Waals surface area contributed by atoms with Crippen LogP contribution in [0.25, 0.3) is 0 Å². The molecule has 1 heterocycles. The zero-order chi connectivity index (χ0) is 23.0. The van der Waals surface area contributed by atoms with Gasteiger partial charge in [-0.1, -0.05) is 90.9 Å². The van der Waals surface area contributed by atoms with E-state index in [2.05, 4.69) is 13.8 Å². The van der Waals surface area contributed by atoms with Gasteiger partial charge in [-0.05, 0) is 25.7 Å². The monoisotopic (exact) mass is 559 g/mol. The third-order valence-electron chi connectivity index (χ3n) is 5.75. The van der Waals surface area contributed by atoms with Gasteiger partial charge in [-0.2, -0.15) is 0 Å². The number of unbranched alkanes of at least 4 members (excludes halogenated alkanes) is 13. The maximum absolute atomic E-state index is 11.2. The average Bonchev–Trinajstić information content (AvgIpc) is 2.59. The van der Waals surface area contributed by atoms with Gasteiger partial charge in [0.2, 0.25) is 0 Å². The molecule has 0 saturated carbocycles. The number of hydrogen-bond acceptors (Lipinski definition) is 0. The first kappa shape index (κ1) is 30.4. The topological polar surface area (TPSA) is 4.44 Å². The van der Waals surface area contributed by atoms with Crippen molar-refractivity contribution < 1.29 is 21.8 Å². The van der Waals surface area contributed by atoms with Crippen molar-refractivity contribution in [1.29, 1.82) is 0 Å². The van der Waals surface area contributed by atoms with Gasteiger partial charge in [-0.25, -0.2) is 0 Å². The van der Waals surface area contributed by atoms with Gasteiger partial charge in [-0.3, -0.25) is 0 Å². The maximum atomic E-state index is 9.93. The van der Waals surface area contributed by atoms with Crippen LogP contribution in [0.4, 0.5) is 16.9 Å². The van der Waals surface area contributed by atoms with Crippen LogP contribution < -0.4 is 4.90 Å². The number of halogens is 6. The normalized spacial score (nSPS) is 22.0. The molecule has 0 aromatic carbocycles. The van der Waals surface area contributed by atoms with Gasteiger partial charge in [0.15, 0.2) is 0 Å². The molecule has 0 aromatic heterocycles. The molecule has 1 rings (SSSR count). The minimum absolute atomic E-state index is 0.977. The molecule has 30 heavy (non-hydrogen) atoms. The quantitative estimate of drug-likeness (QED) is 0.118. The van der Waals surface area contributed by atoms with Crippen LogP contribution in [0.15, 0.2) is 0 Å². The zero-order valence-corrected chi connectivity index (χ0v) is 21.8. The van der Waals surface area contributed by atoms with E-state index in [1.165, 1.54) is 122 Å². The van der Waals surface area contributed by atoms with E-state index in [1.807, 2.05) is 4.90 Å². The summed E-state index contributed by atoms with van der Waals surface area (Å²) in [6.45, 7) is 9.07. The fourth-order valence-corrected chi connectivity index (χ4v) is 4.19. The van der Waals surface area contributed by atoms with Crippen molar-refractivity contribution in [2.45, 2.75) is 117 Å². The van der Waals surface area contributed by atoms with Crippen LogP contribution in [-0.2, 0) is 0 Å². The minimum atomic E-state index is -11.2. The molecule has 0 radical (unpaired) electrons. The summed E-state index contributed by atoms with van der Waals surface area (Å²) in [5.41, 5.74) is 0. The van der Waals surface area contributed by atoms with E-state index in [0.29, 0.717) is 0 Å². The summed E-state index contributed by atoms with van der Waals surface area (Å²) in [7, 11) is 0. The van der Waals surface area contributed by atoms with Gasteiger partial charge < -0.3 is 4.90 Å². The summed E-state index contributed by atoms with van der Waals surface area (Å²) in [6.07, 6.45) is 23.6. The summed E-state index contributed by atoms with van der Waals surface area (Å²) in [5.74, 6) is 0.977. The number of nitrogens with one attached hydrogen (secondary N) is 1. The Hall–Kier alpha value is 0.358. The van der Waals surface area contributed by atoms with E-state index in [9.17, 15) is 16.9 Å². The fourth-order valence-electron chi connectivity index (χ4n) is 4.19. The number of rotatable bonds is 15. The van der Waals surface area contributed by atoms with Crippen molar-refractivity contribution in [2.24, 2.45) is 5.92 Å². The second kappa shape index (κ2) is 14.5. The Bertz CT molecular complexity index is 401. The molecule has 1 aliphatic rings. The van der Waals surface area contributed by atoms with Crippen molar-refractivity contribution in [2.75, 3.05) is 19.6 Å². The molecule has 2 unspecified atom stereocenters. The first-order valence-electron chi connectivity index (χ1n) is 12.2. The first-order chi connectivity index (χ1) is 13.8. The number of hydrogen-bond donors (Lipinski definition) is 1. The summed E-state index contributed by atoms with van der Waals surface area (Å²) < 4.78 is 59.6. The van der Waals surface area contributed by atoms with Crippen LogP contribution in [0.1, 0.15) is 117 Å². The van der Waals surface area contributed by atoms with Gasteiger partial charge in [0.1, 0.15) is 0 Å². The molecule has 0 amide bonds. The fraction of sp³-hybridized carbons (Fsp3) is 1.00. The standard InChI is InChI=1S/C22H45N.6FH.Sb/c1-3-4-5-6-7-8-9-10-11-12-13-14-15-16-19-23-20-17-18-22(2)21-23;;;;;;;/h22H,3-21H2,1-2H3;6*1H;/q;;;;;;;+5/p-5. The third kappa shape index (κ3) is 30.6. The molecular weight excluding hydrogens is 514 g/mol. The SMILES string of the molecule is CCCCCCCCCCCCCCCC[NH+]1CCCC(C)C1.[F][Sb-]([F])([F])([F])([F])[F]. The van der Waals surface area contributed by atoms with Crippen molar-refractivity contribution in [3.8, 4) is 0 Å². The van der Waals surface area contributed by atoms with E-state index in [0.717, 1.165) is 5.92 Å². The summed E-state index contributed by atoms with van der Waals surface area (Å²) in [6, 6.07) is 0. The molecule has 1 aliphatic heterocycles. The Morgan fingerprint density at radius 3 is 1.40 bits per heavy atom. The number of quaternary nitrogens is 1. The van der Waals surface area contributed by atoms with Crippen LogP contribution in [0, 0.1) is 5.92 Å². The first-order valence-corrected chi connectivity index (χ1v) is 18.0. The molecule has 0 bridgehead atoms. The molecule has 8 heteroatoms. The van der Waals surface area contributed by atoms with Crippen molar-refractivity contribution in [3.63, 3.8) is 0 Å². The van der Waals surface area contributed by atoms with Gasteiger partial charge >= 0.3 is 36.4 Å². The van der Waals surface area contributed by atoms with Crippen molar-refractivity contribution >= 4 is 19.5 Å². The van der Waals surface area contributed by atoms with E-state index in [1.54, 1.807) is 0 Å². The second-order valence-corrected chi connectivity index (χ2v) is 14.7. The Balaban J connectivity index is 0.00000103. The van der Waals surface area contributed by atoms with Gasteiger partial charge in [0.25, 0.3) is 0 Å².